The van der Waals surface area contributed by atoms with Gasteiger partial charge in [0.1, 0.15) is 6.54 Å². The molecule has 0 spiro atoms. The van der Waals surface area contributed by atoms with Crippen molar-refractivity contribution in [2.24, 2.45) is 17.8 Å². The molecule has 2 aliphatic carbocycles. The number of fused-ring (bicyclic) bond motifs is 2. The Hall–Kier alpha value is -2.17. The van der Waals surface area contributed by atoms with E-state index in [1.165, 1.54) is 30.2 Å². The molecule has 3 heterocycles. The van der Waals surface area contributed by atoms with Crippen molar-refractivity contribution in [1.82, 2.24) is 14.5 Å². The van der Waals surface area contributed by atoms with Gasteiger partial charge < -0.3 is 4.90 Å². The van der Waals surface area contributed by atoms with Gasteiger partial charge in [-0.25, -0.2) is 4.98 Å². The third kappa shape index (κ3) is 2.56. The van der Waals surface area contributed by atoms with Gasteiger partial charge in [-0.3, -0.25) is 14.2 Å². The summed E-state index contributed by atoms with van der Waals surface area (Å²) in [7, 11) is 0. The van der Waals surface area contributed by atoms with Crippen LogP contribution in [0.2, 0.25) is 0 Å². The van der Waals surface area contributed by atoms with Crippen molar-refractivity contribution in [1.29, 1.82) is 0 Å². The molecule has 6 rings (SSSR count). The van der Waals surface area contributed by atoms with Gasteiger partial charge in [0.05, 0.1) is 17.2 Å². The topological polar surface area (TPSA) is 55.2 Å². The number of amides is 1. The molecule has 2 aromatic rings. The highest BCUT2D eigenvalue weighted by Gasteiger charge is 2.43. The maximum atomic E-state index is 13.1. The number of rotatable bonds is 2. The monoisotopic (exact) mass is 351 g/mol. The minimum atomic E-state index is -0.118. The number of carbonyl (C=O) groups is 1. The average molecular weight is 351 g/mol. The number of hydrogen-bond donors (Lipinski definition) is 0. The molecule has 2 unspecified atom stereocenters. The number of aryl methyl sites for hydroxylation is 1. The number of nitrogens with zero attached hydrogens (tertiary/aromatic N) is 3. The molecule has 0 radical (unpaired) electrons. The van der Waals surface area contributed by atoms with Crippen LogP contribution in [-0.2, 0) is 11.3 Å². The Morgan fingerprint density at radius 1 is 1.12 bits per heavy atom. The predicted molar refractivity (Wildman–Crippen MR) is 99.8 cm³/mol. The smallest absolute Gasteiger partial charge is 0.261 e. The van der Waals surface area contributed by atoms with Crippen LogP contribution in [0.4, 0.5) is 0 Å². The molecule has 0 N–H and O–H groups in total. The van der Waals surface area contributed by atoms with Gasteiger partial charge in [-0.05, 0) is 68.4 Å². The second-order valence-corrected chi connectivity index (χ2v) is 8.63. The third-order valence-electron chi connectivity index (χ3n) is 6.79. The Labute approximate surface area is 153 Å². The van der Waals surface area contributed by atoms with E-state index in [0.717, 1.165) is 42.3 Å². The summed E-state index contributed by atoms with van der Waals surface area (Å²) in [6.45, 7) is 2.94. The quantitative estimate of drug-likeness (QED) is 0.836. The molecule has 4 fully saturated rings. The number of aromatic nitrogens is 2. The Bertz CT molecular complexity index is 920. The molecule has 1 aromatic carbocycles. The van der Waals surface area contributed by atoms with Crippen molar-refractivity contribution in [2.45, 2.75) is 51.6 Å². The van der Waals surface area contributed by atoms with E-state index in [2.05, 4.69) is 9.88 Å². The lowest BCUT2D eigenvalue weighted by Gasteiger charge is -2.39. The molecule has 2 saturated carbocycles. The van der Waals surface area contributed by atoms with Crippen molar-refractivity contribution >= 4 is 16.8 Å². The van der Waals surface area contributed by atoms with Crippen molar-refractivity contribution in [3.05, 3.63) is 40.4 Å². The molecule has 1 aromatic heterocycles. The summed E-state index contributed by atoms with van der Waals surface area (Å²) < 4.78 is 1.49. The first-order valence-corrected chi connectivity index (χ1v) is 9.82. The number of carbonyl (C=O) groups excluding carboxylic acids is 1. The van der Waals surface area contributed by atoms with Gasteiger partial charge in [0.2, 0.25) is 5.91 Å². The highest BCUT2D eigenvalue weighted by Crippen LogP contribution is 2.47. The third-order valence-corrected chi connectivity index (χ3v) is 6.79. The maximum absolute atomic E-state index is 13.1. The largest absolute Gasteiger partial charge is 0.338 e. The van der Waals surface area contributed by atoms with Gasteiger partial charge in [-0.2, -0.15) is 0 Å². The molecule has 4 aliphatic rings. The fourth-order valence-corrected chi connectivity index (χ4v) is 5.78. The molecular formula is C21H25N3O2. The SMILES string of the molecule is Cc1cccc2c(=O)n(CC(=O)N3CC4CC5CC(C4)CC3C5)cnc12. The van der Waals surface area contributed by atoms with E-state index < -0.39 is 0 Å². The summed E-state index contributed by atoms with van der Waals surface area (Å²) in [5, 5.41) is 0.594. The van der Waals surface area contributed by atoms with Crippen LogP contribution < -0.4 is 5.56 Å². The van der Waals surface area contributed by atoms with Crippen molar-refractivity contribution in [3.8, 4) is 0 Å². The van der Waals surface area contributed by atoms with Crippen molar-refractivity contribution in [3.63, 3.8) is 0 Å². The second kappa shape index (κ2) is 5.93. The molecule has 2 atom stereocenters. The van der Waals surface area contributed by atoms with E-state index in [1.54, 1.807) is 6.07 Å². The van der Waals surface area contributed by atoms with Gasteiger partial charge in [0.25, 0.3) is 5.56 Å². The Kier molecular flexibility index (Phi) is 3.66. The van der Waals surface area contributed by atoms with Crippen LogP contribution >= 0.6 is 0 Å². The van der Waals surface area contributed by atoms with Crippen LogP contribution in [0.1, 0.15) is 37.7 Å². The average Bonchev–Trinajstić information content (AvgIpc) is 2.81. The molecule has 26 heavy (non-hydrogen) atoms. The first-order chi connectivity index (χ1) is 12.6. The lowest BCUT2D eigenvalue weighted by Crippen LogP contribution is -2.44. The van der Waals surface area contributed by atoms with E-state index in [4.69, 9.17) is 0 Å². The first-order valence-electron chi connectivity index (χ1n) is 9.82. The molecule has 5 heteroatoms. The lowest BCUT2D eigenvalue weighted by molar-refractivity contribution is -0.134. The van der Waals surface area contributed by atoms with Crippen LogP contribution in [-0.4, -0.2) is 32.9 Å². The first kappa shape index (κ1) is 16.0. The highest BCUT2D eigenvalue weighted by atomic mass is 16.2. The van der Waals surface area contributed by atoms with Gasteiger partial charge in [-0.15, -0.1) is 0 Å². The van der Waals surface area contributed by atoms with Crippen LogP contribution in [0, 0.1) is 24.7 Å². The molecule has 4 bridgehead atoms. The van der Waals surface area contributed by atoms with E-state index in [1.807, 2.05) is 19.1 Å². The number of para-hydroxylation sites is 1. The van der Waals surface area contributed by atoms with Gasteiger partial charge in [0, 0.05) is 12.6 Å². The van der Waals surface area contributed by atoms with Gasteiger partial charge in [0.15, 0.2) is 0 Å². The zero-order chi connectivity index (χ0) is 17.8. The fourth-order valence-electron chi connectivity index (χ4n) is 5.78. The summed E-state index contributed by atoms with van der Waals surface area (Å²) in [5.41, 5.74) is 1.60. The summed E-state index contributed by atoms with van der Waals surface area (Å²) in [6.07, 6.45) is 7.78. The standard InChI is InChI=1S/C21H25N3O2/c1-13-3-2-4-18-20(13)22-12-23(21(18)26)11-19(25)24-10-16-6-14-5-15(7-16)9-17(24)8-14/h2-4,12,14-17H,5-11H2,1H3. The minimum absolute atomic E-state index is 0.0825. The molecule has 2 aliphatic heterocycles. The zero-order valence-corrected chi connectivity index (χ0v) is 15.2. The van der Waals surface area contributed by atoms with Crippen LogP contribution in [0.5, 0.6) is 0 Å². The lowest BCUT2D eigenvalue weighted by atomic mass is 9.68. The van der Waals surface area contributed by atoms with Crippen LogP contribution in [0.25, 0.3) is 10.9 Å². The summed E-state index contributed by atoms with van der Waals surface area (Å²) >= 11 is 0. The predicted octanol–water partition coefficient (Wildman–Crippen LogP) is 2.74. The van der Waals surface area contributed by atoms with Crippen molar-refractivity contribution < 1.29 is 4.79 Å². The van der Waals surface area contributed by atoms with E-state index in [0.29, 0.717) is 17.3 Å². The van der Waals surface area contributed by atoms with Gasteiger partial charge >= 0.3 is 0 Å². The van der Waals surface area contributed by atoms with E-state index in [-0.39, 0.29) is 18.0 Å². The normalized spacial score (nSPS) is 30.0. The van der Waals surface area contributed by atoms with Crippen LogP contribution in [0.15, 0.2) is 29.3 Å². The second-order valence-electron chi connectivity index (χ2n) is 8.63. The van der Waals surface area contributed by atoms with Gasteiger partial charge in [-0.1, -0.05) is 12.1 Å². The highest BCUT2D eigenvalue weighted by molar-refractivity contribution is 5.81. The maximum Gasteiger partial charge on any atom is 0.261 e. The zero-order valence-electron chi connectivity index (χ0n) is 15.2. The molecular weight excluding hydrogens is 326 g/mol. The summed E-state index contributed by atoms with van der Waals surface area (Å²) in [5.74, 6) is 2.36. The Balaban J connectivity index is 1.43. The summed E-state index contributed by atoms with van der Waals surface area (Å²) in [6, 6.07) is 6.00. The molecule has 1 amide bonds. The number of benzene rings is 1. The Morgan fingerprint density at radius 3 is 2.62 bits per heavy atom. The molecule has 136 valence electrons. The molecule has 2 saturated heterocycles. The van der Waals surface area contributed by atoms with Crippen molar-refractivity contribution in [2.75, 3.05) is 6.54 Å². The van der Waals surface area contributed by atoms with E-state index >= 15 is 0 Å². The minimum Gasteiger partial charge on any atom is -0.338 e. The fraction of sp³-hybridized carbons (Fsp3) is 0.571. The summed E-state index contributed by atoms with van der Waals surface area (Å²) in [4.78, 5) is 32.4. The van der Waals surface area contributed by atoms with Crippen LogP contribution in [0.3, 0.4) is 0 Å². The number of hydrogen-bond acceptors (Lipinski definition) is 3. The van der Waals surface area contributed by atoms with E-state index in [9.17, 15) is 9.59 Å². The Morgan fingerprint density at radius 2 is 1.85 bits per heavy atom. The molecule has 5 nitrogen and oxygen atoms in total.